The van der Waals surface area contributed by atoms with Crippen LogP contribution in [0, 0.1) is 0 Å². The average molecular weight is 297 g/mol. The van der Waals surface area contributed by atoms with Crippen molar-refractivity contribution in [2.24, 2.45) is 0 Å². The van der Waals surface area contributed by atoms with Gasteiger partial charge in [-0.05, 0) is 20.8 Å². The monoisotopic (exact) mass is 297 g/mol. The molecule has 0 aromatic carbocycles. The fourth-order valence-electron chi connectivity index (χ4n) is 2.10. The SMILES string of the molecule is CCNc1nc(NCC2(O)CCOC2C)nc(OCC)n1. The van der Waals surface area contributed by atoms with Crippen molar-refractivity contribution in [3.8, 4) is 6.01 Å². The van der Waals surface area contributed by atoms with Gasteiger partial charge in [-0.25, -0.2) is 0 Å². The third-order valence-electron chi connectivity index (χ3n) is 3.44. The normalized spacial score (nSPS) is 24.9. The summed E-state index contributed by atoms with van der Waals surface area (Å²) >= 11 is 0. The maximum Gasteiger partial charge on any atom is 0.323 e. The fraction of sp³-hybridized carbons (Fsp3) is 0.769. The lowest BCUT2D eigenvalue weighted by atomic mass is 9.97. The lowest BCUT2D eigenvalue weighted by Crippen LogP contribution is -2.43. The minimum atomic E-state index is -0.906. The molecule has 1 aliphatic rings. The first-order chi connectivity index (χ1) is 10.1. The second-order valence-corrected chi connectivity index (χ2v) is 4.95. The van der Waals surface area contributed by atoms with Crippen LogP contribution in [0.3, 0.4) is 0 Å². The molecule has 0 bridgehead atoms. The summed E-state index contributed by atoms with van der Waals surface area (Å²) in [6.45, 7) is 7.73. The van der Waals surface area contributed by atoms with Crippen LogP contribution in [0.4, 0.5) is 11.9 Å². The van der Waals surface area contributed by atoms with Gasteiger partial charge in [-0.15, -0.1) is 0 Å². The van der Waals surface area contributed by atoms with E-state index in [0.29, 0.717) is 44.6 Å². The Kier molecular flexibility index (Phi) is 5.13. The first-order valence-electron chi connectivity index (χ1n) is 7.28. The Morgan fingerprint density at radius 2 is 2.00 bits per heavy atom. The Morgan fingerprint density at radius 1 is 1.29 bits per heavy atom. The summed E-state index contributed by atoms with van der Waals surface area (Å²) in [7, 11) is 0. The molecule has 1 aromatic rings. The molecule has 0 aliphatic carbocycles. The van der Waals surface area contributed by atoms with E-state index in [1.54, 1.807) is 0 Å². The van der Waals surface area contributed by atoms with Gasteiger partial charge < -0.3 is 25.2 Å². The molecule has 118 valence electrons. The highest BCUT2D eigenvalue weighted by Crippen LogP contribution is 2.25. The molecule has 2 rings (SSSR count). The molecule has 1 aromatic heterocycles. The third-order valence-corrected chi connectivity index (χ3v) is 3.44. The van der Waals surface area contributed by atoms with Gasteiger partial charge in [0.05, 0.1) is 12.7 Å². The number of nitrogens with zero attached hydrogens (tertiary/aromatic N) is 3. The molecule has 8 heteroatoms. The molecule has 2 atom stereocenters. The van der Waals surface area contributed by atoms with Crippen molar-refractivity contribution in [3.63, 3.8) is 0 Å². The first kappa shape index (κ1) is 15.7. The Bertz CT molecular complexity index is 449. The molecule has 0 saturated carbocycles. The first-order valence-corrected chi connectivity index (χ1v) is 7.28. The Hall–Kier alpha value is -1.67. The number of nitrogens with one attached hydrogen (secondary N) is 2. The highest BCUT2D eigenvalue weighted by molar-refractivity contribution is 5.36. The molecule has 0 amide bonds. The van der Waals surface area contributed by atoms with Crippen LogP contribution in [0.15, 0.2) is 0 Å². The lowest BCUT2D eigenvalue weighted by Gasteiger charge is -2.26. The van der Waals surface area contributed by atoms with Crippen molar-refractivity contribution < 1.29 is 14.6 Å². The number of rotatable bonds is 7. The van der Waals surface area contributed by atoms with E-state index in [0.717, 1.165) is 0 Å². The summed E-state index contributed by atoms with van der Waals surface area (Å²) in [6.07, 6.45) is 0.372. The second-order valence-electron chi connectivity index (χ2n) is 4.95. The van der Waals surface area contributed by atoms with Gasteiger partial charge in [-0.2, -0.15) is 15.0 Å². The van der Waals surface area contributed by atoms with E-state index in [4.69, 9.17) is 9.47 Å². The summed E-state index contributed by atoms with van der Waals surface area (Å²) in [4.78, 5) is 12.6. The van der Waals surface area contributed by atoms with E-state index in [9.17, 15) is 5.11 Å². The molecule has 1 aliphatic heterocycles. The van der Waals surface area contributed by atoms with Crippen LogP contribution in [0.5, 0.6) is 6.01 Å². The van der Waals surface area contributed by atoms with E-state index in [-0.39, 0.29) is 12.1 Å². The van der Waals surface area contributed by atoms with Gasteiger partial charge in [-0.1, -0.05) is 0 Å². The zero-order valence-electron chi connectivity index (χ0n) is 12.7. The molecular formula is C13H23N5O3. The van der Waals surface area contributed by atoms with Crippen molar-refractivity contribution in [3.05, 3.63) is 0 Å². The van der Waals surface area contributed by atoms with E-state index < -0.39 is 5.60 Å². The van der Waals surface area contributed by atoms with Crippen LogP contribution in [-0.4, -0.2) is 58.1 Å². The smallest absolute Gasteiger partial charge is 0.323 e. The number of ether oxygens (including phenoxy) is 2. The number of aromatic nitrogens is 3. The van der Waals surface area contributed by atoms with Crippen molar-refractivity contribution >= 4 is 11.9 Å². The van der Waals surface area contributed by atoms with Crippen LogP contribution < -0.4 is 15.4 Å². The highest BCUT2D eigenvalue weighted by Gasteiger charge is 2.39. The summed E-state index contributed by atoms with van der Waals surface area (Å²) in [5.41, 5.74) is -0.906. The number of aliphatic hydroxyl groups is 1. The highest BCUT2D eigenvalue weighted by atomic mass is 16.5. The minimum Gasteiger partial charge on any atom is -0.464 e. The van der Waals surface area contributed by atoms with Gasteiger partial charge in [0, 0.05) is 26.1 Å². The maximum atomic E-state index is 10.5. The standard InChI is InChI=1S/C13H23N5O3/c1-4-14-10-16-11(18-12(17-10)20-5-2)15-8-13(19)6-7-21-9(13)3/h9,19H,4-8H2,1-3H3,(H2,14,15,16,17,18). The molecule has 1 saturated heterocycles. The summed E-state index contributed by atoms with van der Waals surface area (Å²) in [5, 5.41) is 16.5. The van der Waals surface area contributed by atoms with E-state index in [2.05, 4.69) is 25.6 Å². The average Bonchev–Trinajstić information content (AvgIpc) is 2.78. The zero-order chi connectivity index (χ0) is 15.3. The van der Waals surface area contributed by atoms with Gasteiger partial charge in [-0.3, -0.25) is 0 Å². The number of anilines is 2. The largest absolute Gasteiger partial charge is 0.464 e. The van der Waals surface area contributed by atoms with Crippen LogP contribution in [0.1, 0.15) is 27.2 Å². The molecule has 0 radical (unpaired) electrons. The second kappa shape index (κ2) is 6.86. The van der Waals surface area contributed by atoms with Gasteiger partial charge in [0.1, 0.15) is 5.60 Å². The van der Waals surface area contributed by atoms with Crippen molar-refractivity contribution in [1.29, 1.82) is 0 Å². The van der Waals surface area contributed by atoms with Gasteiger partial charge in [0.2, 0.25) is 11.9 Å². The minimum absolute atomic E-state index is 0.216. The Morgan fingerprint density at radius 3 is 2.57 bits per heavy atom. The molecular weight excluding hydrogens is 274 g/mol. The predicted molar refractivity (Wildman–Crippen MR) is 78.6 cm³/mol. The molecule has 0 spiro atoms. The molecule has 21 heavy (non-hydrogen) atoms. The van der Waals surface area contributed by atoms with Gasteiger partial charge in [0.25, 0.3) is 0 Å². The topological polar surface area (TPSA) is 101 Å². The summed E-state index contributed by atoms with van der Waals surface area (Å²) in [6, 6.07) is 0.258. The summed E-state index contributed by atoms with van der Waals surface area (Å²) < 4.78 is 10.7. The summed E-state index contributed by atoms with van der Waals surface area (Å²) in [5.74, 6) is 0.818. The van der Waals surface area contributed by atoms with Gasteiger partial charge in [0.15, 0.2) is 0 Å². The van der Waals surface area contributed by atoms with Crippen molar-refractivity contribution in [1.82, 2.24) is 15.0 Å². The molecule has 2 heterocycles. The van der Waals surface area contributed by atoms with Crippen molar-refractivity contribution in [2.75, 3.05) is 36.9 Å². The van der Waals surface area contributed by atoms with Crippen LogP contribution >= 0.6 is 0 Å². The van der Waals surface area contributed by atoms with Crippen molar-refractivity contribution in [2.45, 2.75) is 38.9 Å². The maximum absolute atomic E-state index is 10.5. The van der Waals surface area contributed by atoms with Crippen LogP contribution in [0.2, 0.25) is 0 Å². The van der Waals surface area contributed by atoms with E-state index >= 15 is 0 Å². The fourth-order valence-corrected chi connectivity index (χ4v) is 2.10. The van der Waals surface area contributed by atoms with Crippen LogP contribution in [-0.2, 0) is 4.74 Å². The molecule has 2 unspecified atom stereocenters. The molecule has 3 N–H and O–H groups in total. The molecule has 8 nitrogen and oxygen atoms in total. The predicted octanol–water partition coefficient (Wildman–Crippen LogP) is 0.654. The van der Waals surface area contributed by atoms with E-state index in [1.165, 1.54) is 0 Å². The lowest BCUT2D eigenvalue weighted by molar-refractivity contribution is -0.0177. The molecule has 1 fully saturated rings. The Balaban J connectivity index is 2.07. The number of hydrogen-bond donors (Lipinski definition) is 3. The third kappa shape index (κ3) is 3.92. The quantitative estimate of drug-likeness (QED) is 0.674. The number of hydrogen-bond acceptors (Lipinski definition) is 8. The van der Waals surface area contributed by atoms with E-state index in [1.807, 2.05) is 20.8 Å². The van der Waals surface area contributed by atoms with Gasteiger partial charge >= 0.3 is 6.01 Å². The Labute approximate surface area is 124 Å². The zero-order valence-corrected chi connectivity index (χ0v) is 12.7. The van der Waals surface area contributed by atoms with Crippen LogP contribution in [0.25, 0.3) is 0 Å².